The Morgan fingerprint density at radius 3 is 2.78 bits per heavy atom. The summed E-state index contributed by atoms with van der Waals surface area (Å²) in [7, 11) is 1.78. The maximum absolute atomic E-state index is 13.0. The molecule has 2 heterocycles. The highest BCUT2D eigenvalue weighted by molar-refractivity contribution is 6.32. The monoisotopic (exact) mass is 401 g/mol. The van der Waals surface area contributed by atoms with E-state index in [0.717, 1.165) is 18.4 Å². The summed E-state index contributed by atoms with van der Waals surface area (Å²) in [5.41, 5.74) is 0.217. The molecule has 146 valence electrons. The van der Waals surface area contributed by atoms with Gasteiger partial charge in [-0.25, -0.2) is 0 Å². The molecule has 6 nitrogen and oxygen atoms in total. The van der Waals surface area contributed by atoms with Crippen molar-refractivity contribution in [1.29, 1.82) is 0 Å². The number of alkyl halides is 3. The molecule has 1 fully saturated rings. The quantitative estimate of drug-likeness (QED) is 0.571. The number of amides is 1. The summed E-state index contributed by atoms with van der Waals surface area (Å²) in [6.07, 6.45) is 3.93. The lowest BCUT2D eigenvalue weighted by Crippen LogP contribution is -2.23. The summed E-state index contributed by atoms with van der Waals surface area (Å²) in [6.45, 7) is 0.577. The maximum atomic E-state index is 13.0. The number of hydrogen-bond acceptors (Lipinski definition) is 3. The van der Waals surface area contributed by atoms with E-state index in [-0.39, 0.29) is 23.4 Å². The van der Waals surface area contributed by atoms with Gasteiger partial charge in [-0.15, -0.1) is 0 Å². The van der Waals surface area contributed by atoms with Crippen molar-refractivity contribution in [2.45, 2.75) is 37.9 Å². The summed E-state index contributed by atoms with van der Waals surface area (Å²) in [5, 5.41) is 10.1. The molecule has 10 heteroatoms. The summed E-state index contributed by atoms with van der Waals surface area (Å²) < 4.78 is 42.0. The van der Waals surface area contributed by atoms with Crippen LogP contribution in [0, 0.1) is 0 Å². The topological polar surface area (TPSA) is 64.7 Å². The van der Waals surface area contributed by atoms with E-state index in [1.807, 2.05) is 0 Å². The van der Waals surface area contributed by atoms with Crippen LogP contribution in [0.1, 0.15) is 42.1 Å². The molecule has 27 heavy (non-hydrogen) atoms. The molecule has 1 saturated carbocycles. The Kier molecular flexibility index (Phi) is 5.59. The number of halogens is 4. The van der Waals surface area contributed by atoms with E-state index >= 15 is 0 Å². The Bertz CT molecular complexity index is 851. The van der Waals surface area contributed by atoms with Crippen molar-refractivity contribution < 1.29 is 18.0 Å². The highest BCUT2D eigenvalue weighted by Gasteiger charge is 2.41. The van der Waals surface area contributed by atoms with Crippen molar-refractivity contribution >= 4 is 23.6 Å². The minimum Gasteiger partial charge on any atom is -0.352 e. The van der Waals surface area contributed by atoms with Crippen LogP contribution >= 0.6 is 11.6 Å². The highest BCUT2D eigenvalue weighted by Crippen LogP contribution is 2.46. The highest BCUT2D eigenvalue weighted by atomic mass is 35.5. The van der Waals surface area contributed by atoms with Crippen molar-refractivity contribution in [2.24, 2.45) is 7.05 Å². The van der Waals surface area contributed by atoms with Gasteiger partial charge in [0.15, 0.2) is 5.69 Å². The minimum atomic E-state index is -4.57. The lowest BCUT2D eigenvalue weighted by molar-refractivity contribution is -0.141. The molecule has 0 aromatic carbocycles. The summed E-state index contributed by atoms with van der Waals surface area (Å²) in [5.74, 6) is -0.242. The molecule has 2 aromatic heterocycles. The van der Waals surface area contributed by atoms with Gasteiger partial charge in [-0.1, -0.05) is 11.6 Å². The number of hydrogen-bond donors (Lipinski definition) is 1. The predicted octanol–water partition coefficient (Wildman–Crippen LogP) is 3.39. The van der Waals surface area contributed by atoms with Gasteiger partial charge in [-0.2, -0.15) is 23.4 Å². The second-order valence-electron chi connectivity index (χ2n) is 6.47. The van der Waals surface area contributed by atoms with Gasteiger partial charge in [0.25, 0.3) is 0 Å². The average molecular weight is 402 g/mol. The molecular formula is C17H19ClF3N5O. The van der Waals surface area contributed by atoms with Crippen LogP contribution in [0.2, 0.25) is 5.02 Å². The van der Waals surface area contributed by atoms with Crippen molar-refractivity contribution in [3.05, 3.63) is 40.4 Å². The molecule has 1 aliphatic rings. The van der Waals surface area contributed by atoms with Crippen LogP contribution in [-0.4, -0.2) is 32.0 Å². The van der Waals surface area contributed by atoms with Gasteiger partial charge < -0.3 is 5.32 Å². The number of rotatable bonds is 7. The molecule has 2 aromatic rings. The normalized spacial score (nSPS) is 14.9. The molecular weight excluding hydrogens is 383 g/mol. The first-order valence-electron chi connectivity index (χ1n) is 8.53. The zero-order valence-corrected chi connectivity index (χ0v) is 15.4. The first kappa shape index (κ1) is 19.5. The standard InChI is InChI=1S/C17H19ClF3N5O/c1-25-10-11(9-23-25)3-6-13(27)22-7-2-8-26-15(12-4-5-12)14(18)16(24-26)17(19,20)21/h3,6,9-10,12H,2,4-5,7-8H2,1H3,(H,22,27)/b6-3+. The molecule has 0 unspecified atom stereocenters. The van der Waals surface area contributed by atoms with Gasteiger partial charge in [0.1, 0.15) is 0 Å². The molecule has 0 aliphatic heterocycles. The Balaban J connectivity index is 1.53. The average Bonchev–Trinajstić information content (AvgIpc) is 3.24. The van der Waals surface area contributed by atoms with E-state index in [1.54, 1.807) is 30.2 Å². The van der Waals surface area contributed by atoms with Crippen molar-refractivity contribution in [3.63, 3.8) is 0 Å². The second-order valence-corrected chi connectivity index (χ2v) is 6.85. The van der Waals surface area contributed by atoms with Gasteiger partial charge in [0, 0.05) is 43.9 Å². The first-order valence-corrected chi connectivity index (χ1v) is 8.91. The van der Waals surface area contributed by atoms with E-state index in [9.17, 15) is 18.0 Å². The van der Waals surface area contributed by atoms with Crippen molar-refractivity contribution in [3.8, 4) is 0 Å². The number of nitrogens with one attached hydrogen (secondary N) is 1. The minimum absolute atomic E-state index is 0.0399. The van der Waals surface area contributed by atoms with Crippen LogP contribution < -0.4 is 5.32 Å². The molecule has 1 aliphatic carbocycles. The lowest BCUT2D eigenvalue weighted by atomic mass is 10.2. The maximum Gasteiger partial charge on any atom is 0.436 e. The summed E-state index contributed by atoms with van der Waals surface area (Å²) in [6, 6.07) is 0. The van der Waals surface area contributed by atoms with E-state index in [0.29, 0.717) is 18.7 Å². The van der Waals surface area contributed by atoms with Crippen LogP contribution in [0.25, 0.3) is 6.08 Å². The SMILES string of the molecule is Cn1cc(/C=C/C(=O)NCCCn2nc(C(F)(F)F)c(Cl)c2C2CC2)cn1. The van der Waals surface area contributed by atoms with E-state index in [4.69, 9.17) is 11.6 Å². The largest absolute Gasteiger partial charge is 0.436 e. The van der Waals surface area contributed by atoms with Crippen LogP contribution in [0.3, 0.4) is 0 Å². The Labute approximate surface area is 159 Å². The zero-order valence-electron chi connectivity index (χ0n) is 14.6. The fourth-order valence-corrected chi connectivity index (χ4v) is 3.15. The predicted molar refractivity (Wildman–Crippen MR) is 94.1 cm³/mol. The molecule has 0 spiro atoms. The van der Waals surface area contributed by atoms with E-state index < -0.39 is 11.9 Å². The zero-order chi connectivity index (χ0) is 19.6. The van der Waals surface area contributed by atoms with E-state index in [1.165, 1.54) is 10.8 Å². The van der Waals surface area contributed by atoms with Gasteiger partial charge >= 0.3 is 6.18 Å². The first-order chi connectivity index (χ1) is 12.8. The molecule has 1 amide bonds. The second kappa shape index (κ2) is 7.75. The van der Waals surface area contributed by atoms with Crippen LogP contribution in [0.5, 0.6) is 0 Å². The van der Waals surface area contributed by atoms with Crippen molar-refractivity contribution in [2.75, 3.05) is 6.54 Å². The van der Waals surface area contributed by atoms with Crippen molar-refractivity contribution in [1.82, 2.24) is 24.9 Å². The lowest BCUT2D eigenvalue weighted by Gasteiger charge is -2.07. The number of aromatic nitrogens is 4. The Hall–Kier alpha value is -2.29. The third-order valence-corrected chi connectivity index (χ3v) is 4.53. The smallest absolute Gasteiger partial charge is 0.352 e. The molecule has 3 rings (SSSR count). The third kappa shape index (κ3) is 4.91. The van der Waals surface area contributed by atoms with Gasteiger partial charge in [-0.3, -0.25) is 14.2 Å². The molecule has 0 atom stereocenters. The van der Waals surface area contributed by atoms with Gasteiger partial charge in [0.05, 0.1) is 16.9 Å². The molecule has 0 radical (unpaired) electrons. The van der Waals surface area contributed by atoms with Crippen LogP contribution in [0.15, 0.2) is 18.5 Å². The Morgan fingerprint density at radius 2 is 2.19 bits per heavy atom. The number of nitrogens with zero attached hydrogens (tertiary/aromatic N) is 4. The summed E-state index contributed by atoms with van der Waals surface area (Å²) >= 11 is 5.92. The van der Waals surface area contributed by atoms with Gasteiger partial charge in [-0.05, 0) is 25.3 Å². The van der Waals surface area contributed by atoms with Crippen LogP contribution in [0.4, 0.5) is 13.2 Å². The number of aryl methyl sites for hydroxylation is 2. The molecule has 1 N–H and O–H groups in total. The molecule has 0 bridgehead atoms. The van der Waals surface area contributed by atoms with Gasteiger partial charge in [0.2, 0.25) is 5.91 Å². The third-order valence-electron chi connectivity index (χ3n) is 4.16. The van der Waals surface area contributed by atoms with E-state index in [2.05, 4.69) is 15.5 Å². The Morgan fingerprint density at radius 1 is 1.44 bits per heavy atom. The number of carbonyl (C=O) groups excluding carboxylic acids is 1. The summed E-state index contributed by atoms with van der Waals surface area (Å²) in [4.78, 5) is 11.8. The molecule has 0 saturated heterocycles. The fourth-order valence-electron chi connectivity index (χ4n) is 2.75. The van der Waals surface area contributed by atoms with Crippen LogP contribution in [-0.2, 0) is 24.6 Å². The number of carbonyl (C=O) groups is 1. The fraction of sp³-hybridized carbons (Fsp3) is 0.471.